The van der Waals surface area contributed by atoms with Crippen LogP contribution in [0.1, 0.15) is 37.0 Å². The van der Waals surface area contributed by atoms with Crippen LogP contribution >= 0.6 is 11.6 Å². The van der Waals surface area contributed by atoms with Crippen molar-refractivity contribution in [2.75, 3.05) is 26.2 Å². The van der Waals surface area contributed by atoms with E-state index in [1.165, 1.54) is 0 Å². The van der Waals surface area contributed by atoms with Gasteiger partial charge in [-0.3, -0.25) is 9.20 Å². The van der Waals surface area contributed by atoms with Gasteiger partial charge >= 0.3 is 0 Å². The van der Waals surface area contributed by atoms with Crippen molar-refractivity contribution in [3.05, 3.63) is 34.7 Å². The Labute approximate surface area is 136 Å². The van der Waals surface area contributed by atoms with E-state index in [1.807, 2.05) is 6.92 Å². The maximum Gasteiger partial charge on any atom is 0.270 e. The molecule has 0 fully saturated rings. The maximum absolute atomic E-state index is 12.5. The fourth-order valence-corrected chi connectivity index (χ4v) is 2.66. The third-order valence-electron chi connectivity index (χ3n) is 3.82. The first kappa shape index (κ1) is 16.8. The second-order valence-corrected chi connectivity index (χ2v) is 5.55. The highest BCUT2D eigenvalue weighted by molar-refractivity contribution is 6.30. The minimum Gasteiger partial charge on any atom is -0.349 e. The third-order valence-corrected chi connectivity index (χ3v) is 4.05. The number of hydrogen-bond donors (Lipinski definition) is 1. The predicted molar refractivity (Wildman–Crippen MR) is 89.7 cm³/mol. The van der Waals surface area contributed by atoms with Gasteiger partial charge in [-0.1, -0.05) is 32.4 Å². The molecule has 0 bridgehead atoms. The predicted octanol–water partition coefficient (Wildman–Crippen LogP) is 2.62. The molecule has 2 aromatic heterocycles. The molecule has 2 rings (SSSR count). The Bertz CT molecular complexity index is 649. The molecule has 0 saturated heterocycles. The zero-order valence-corrected chi connectivity index (χ0v) is 14.2. The summed E-state index contributed by atoms with van der Waals surface area (Å²) in [5.41, 5.74) is 2.11. The summed E-state index contributed by atoms with van der Waals surface area (Å²) in [4.78, 5) is 19.3. The number of fused-ring (bicyclic) bond motifs is 1. The Hall–Kier alpha value is -1.59. The van der Waals surface area contributed by atoms with Gasteiger partial charge in [0, 0.05) is 30.4 Å². The van der Waals surface area contributed by atoms with E-state index >= 15 is 0 Å². The van der Waals surface area contributed by atoms with Crippen LogP contribution in [0.15, 0.2) is 18.3 Å². The van der Waals surface area contributed by atoms with E-state index in [4.69, 9.17) is 11.6 Å². The van der Waals surface area contributed by atoms with Crippen molar-refractivity contribution in [3.63, 3.8) is 0 Å². The number of carbonyl (C=O) groups excluding carboxylic acids is 1. The highest BCUT2D eigenvalue weighted by atomic mass is 35.5. The number of rotatable bonds is 7. The van der Waals surface area contributed by atoms with Gasteiger partial charge < -0.3 is 10.2 Å². The van der Waals surface area contributed by atoms with Crippen molar-refractivity contribution in [1.29, 1.82) is 0 Å². The number of likely N-dealkylation sites (N-methyl/N-ethyl adjacent to an activating group) is 1. The average molecular weight is 323 g/mol. The lowest BCUT2D eigenvalue weighted by Crippen LogP contribution is -2.35. The molecule has 0 spiro atoms. The number of halogens is 1. The summed E-state index contributed by atoms with van der Waals surface area (Å²) in [5.74, 6) is -0.0844. The lowest BCUT2D eigenvalue weighted by atomic mass is 10.2. The Kier molecular flexibility index (Phi) is 5.80. The summed E-state index contributed by atoms with van der Waals surface area (Å²) in [6.07, 6.45) is 2.50. The monoisotopic (exact) mass is 322 g/mol. The van der Waals surface area contributed by atoms with Crippen molar-refractivity contribution < 1.29 is 4.79 Å². The number of imidazole rings is 1. The van der Waals surface area contributed by atoms with Crippen LogP contribution in [0, 0.1) is 0 Å². The zero-order valence-electron chi connectivity index (χ0n) is 13.4. The van der Waals surface area contributed by atoms with E-state index in [1.54, 1.807) is 22.7 Å². The van der Waals surface area contributed by atoms with Gasteiger partial charge in [-0.25, -0.2) is 4.98 Å². The molecular formula is C16H23ClN4O. The topological polar surface area (TPSA) is 49.6 Å². The summed E-state index contributed by atoms with van der Waals surface area (Å²) in [7, 11) is 0. The molecular weight excluding hydrogens is 300 g/mol. The molecule has 1 N–H and O–H groups in total. The number of aryl methyl sites for hydroxylation is 1. The Morgan fingerprint density at radius 3 is 2.73 bits per heavy atom. The maximum atomic E-state index is 12.5. The van der Waals surface area contributed by atoms with Gasteiger partial charge in [0.25, 0.3) is 5.91 Å². The summed E-state index contributed by atoms with van der Waals surface area (Å²) in [6, 6.07) is 3.54. The van der Waals surface area contributed by atoms with E-state index in [0.29, 0.717) is 29.3 Å². The van der Waals surface area contributed by atoms with Gasteiger partial charge in [0.05, 0.1) is 5.69 Å². The van der Waals surface area contributed by atoms with Crippen molar-refractivity contribution in [2.24, 2.45) is 0 Å². The van der Waals surface area contributed by atoms with Crippen LogP contribution in [0.2, 0.25) is 5.02 Å². The SMILES string of the molecule is CCc1nc2cc(Cl)ccn2c1C(=O)NCCN(CC)CC. The van der Waals surface area contributed by atoms with Gasteiger partial charge in [-0.2, -0.15) is 0 Å². The summed E-state index contributed by atoms with van der Waals surface area (Å²) >= 11 is 5.99. The molecule has 0 radical (unpaired) electrons. The highest BCUT2D eigenvalue weighted by Gasteiger charge is 2.18. The summed E-state index contributed by atoms with van der Waals surface area (Å²) < 4.78 is 1.80. The zero-order chi connectivity index (χ0) is 16.1. The molecule has 0 atom stereocenters. The Morgan fingerprint density at radius 2 is 2.09 bits per heavy atom. The molecule has 0 aromatic carbocycles. The molecule has 0 aliphatic carbocycles. The smallest absolute Gasteiger partial charge is 0.270 e. The molecule has 2 aromatic rings. The van der Waals surface area contributed by atoms with Crippen molar-refractivity contribution in [2.45, 2.75) is 27.2 Å². The van der Waals surface area contributed by atoms with Gasteiger partial charge in [0.15, 0.2) is 0 Å². The molecule has 0 unspecified atom stereocenters. The molecule has 2 heterocycles. The van der Waals surface area contributed by atoms with Crippen molar-refractivity contribution in [3.8, 4) is 0 Å². The number of aromatic nitrogens is 2. The first-order valence-corrected chi connectivity index (χ1v) is 8.15. The number of hydrogen-bond acceptors (Lipinski definition) is 3. The van der Waals surface area contributed by atoms with E-state index in [9.17, 15) is 4.79 Å². The number of carbonyl (C=O) groups is 1. The average Bonchev–Trinajstić information content (AvgIpc) is 2.88. The molecule has 6 heteroatoms. The second kappa shape index (κ2) is 7.61. The van der Waals surface area contributed by atoms with Crippen LogP contribution < -0.4 is 5.32 Å². The van der Waals surface area contributed by atoms with E-state index in [0.717, 1.165) is 25.3 Å². The van der Waals surface area contributed by atoms with Gasteiger partial charge in [0.1, 0.15) is 11.3 Å². The van der Waals surface area contributed by atoms with Gasteiger partial charge in [-0.05, 0) is 25.6 Å². The van der Waals surface area contributed by atoms with Crippen LogP contribution in [0.3, 0.4) is 0 Å². The number of pyridine rings is 1. The van der Waals surface area contributed by atoms with Crippen molar-refractivity contribution in [1.82, 2.24) is 19.6 Å². The quantitative estimate of drug-likeness (QED) is 0.852. The van der Waals surface area contributed by atoms with Crippen LogP contribution in [0.4, 0.5) is 0 Å². The first-order chi connectivity index (χ1) is 10.6. The molecule has 5 nitrogen and oxygen atoms in total. The van der Waals surface area contributed by atoms with Crippen LogP contribution in [-0.2, 0) is 6.42 Å². The molecule has 22 heavy (non-hydrogen) atoms. The molecule has 0 aliphatic rings. The number of amides is 1. The fourth-order valence-electron chi connectivity index (χ4n) is 2.51. The van der Waals surface area contributed by atoms with E-state index < -0.39 is 0 Å². The molecule has 0 aliphatic heterocycles. The highest BCUT2D eigenvalue weighted by Crippen LogP contribution is 2.17. The largest absolute Gasteiger partial charge is 0.349 e. The summed E-state index contributed by atoms with van der Waals surface area (Å²) in [5, 5.41) is 3.61. The lowest BCUT2D eigenvalue weighted by Gasteiger charge is -2.18. The van der Waals surface area contributed by atoms with Crippen LogP contribution in [0.5, 0.6) is 0 Å². The molecule has 0 saturated carbocycles. The lowest BCUT2D eigenvalue weighted by molar-refractivity contribution is 0.0942. The van der Waals surface area contributed by atoms with E-state index in [2.05, 4.69) is 29.0 Å². The first-order valence-electron chi connectivity index (χ1n) is 7.77. The molecule has 1 amide bonds. The minimum atomic E-state index is -0.0844. The molecule has 120 valence electrons. The Balaban J connectivity index is 2.16. The fraction of sp³-hybridized carbons (Fsp3) is 0.500. The minimum absolute atomic E-state index is 0.0844. The van der Waals surface area contributed by atoms with Crippen LogP contribution in [0.25, 0.3) is 5.65 Å². The van der Waals surface area contributed by atoms with Crippen molar-refractivity contribution >= 4 is 23.2 Å². The van der Waals surface area contributed by atoms with Crippen LogP contribution in [-0.4, -0.2) is 46.4 Å². The summed E-state index contributed by atoms with van der Waals surface area (Å²) in [6.45, 7) is 9.69. The normalized spacial score (nSPS) is 11.3. The number of nitrogens with zero attached hydrogens (tertiary/aromatic N) is 3. The standard InChI is InChI=1S/C16H23ClN4O/c1-4-13-15(16(22)18-8-10-20(5-2)6-3)21-9-7-12(17)11-14(21)19-13/h7,9,11H,4-6,8,10H2,1-3H3,(H,18,22). The number of nitrogens with one attached hydrogen (secondary N) is 1. The van der Waals surface area contributed by atoms with Gasteiger partial charge in [0.2, 0.25) is 0 Å². The third kappa shape index (κ3) is 3.59. The second-order valence-electron chi connectivity index (χ2n) is 5.12. The Morgan fingerprint density at radius 1 is 1.36 bits per heavy atom. The van der Waals surface area contributed by atoms with Gasteiger partial charge in [-0.15, -0.1) is 0 Å². The van der Waals surface area contributed by atoms with E-state index in [-0.39, 0.29) is 5.91 Å².